The van der Waals surface area contributed by atoms with Crippen LogP contribution in [-0.4, -0.2) is 37.7 Å². The van der Waals surface area contributed by atoms with E-state index in [0.717, 1.165) is 58.0 Å². The molecular formula is C44H87NO4. The first-order chi connectivity index (χ1) is 24.1. The van der Waals surface area contributed by atoms with Crippen LogP contribution in [0.25, 0.3) is 0 Å². The Kier molecular flexibility index (Phi) is 40.4. The van der Waals surface area contributed by atoms with Crippen molar-refractivity contribution in [1.29, 1.82) is 0 Å². The lowest BCUT2D eigenvalue weighted by atomic mass is 10.0. The third-order valence-corrected chi connectivity index (χ3v) is 10.0. The third-order valence-electron chi connectivity index (χ3n) is 10.0. The maximum Gasteiger partial charge on any atom is 0.306 e. The van der Waals surface area contributed by atoms with Crippen molar-refractivity contribution in [3.05, 3.63) is 0 Å². The largest absolute Gasteiger partial charge is 0.466 e. The molecule has 0 aliphatic heterocycles. The van der Waals surface area contributed by atoms with Crippen molar-refractivity contribution < 1.29 is 19.1 Å². The lowest BCUT2D eigenvalue weighted by Gasteiger charge is -2.18. The molecule has 292 valence electrons. The fraction of sp³-hybridized carbons (Fsp3) is 0.955. The highest BCUT2D eigenvalue weighted by Gasteiger charge is 2.14. The molecule has 0 heterocycles. The van der Waals surface area contributed by atoms with E-state index in [1.807, 2.05) is 0 Å². The van der Waals surface area contributed by atoms with E-state index in [9.17, 15) is 9.59 Å². The summed E-state index contributed by atoms with van der Waals surface area (Å²) >= 11 is 0. The second kappa shape index (κ2) is 41.3. The predicted molar refractivity (Wildman–Crippen MR) is 212 cm³/mol. The van der Waals surface area contributed by atoms with Gasteiger partial charge in [-0.25, -0.2) is 0 Å². The molecule has 0 amide bonds. The van der Waals surface area contributed by atoms with Crippen LogP contribution in [0.2, 0.25) is 0 Å². The Morgan fingerprint density at radius 1 is 0.408 bits per heavy atom. The number of hydrogen-bond donors (Lipinski definition) is 1. The van der Waals surface area contributed by atoms with Gasteiger partial charge in [0.05, 0.1) is 6.61 Å². The van der Waals surface area contributed by atoms with Crippen molar-refractivity contribution in [2.24, 2.45) is 0 Å². The van der Waals surface area contributed by atoms with E-state index in [1.165, 1.54) is 167 Å². The van der Waals surface area contributed by atoms with Crippen molar-refractivity contribution >= 4 is 11.9 Å². The van der Waals surface area contributed by atoms with Gasteiger partial charge in [0.2, 0.25) is 0 Å². The molecule has 1 N–H and O–H groups in total. The van der Waals surface area contributed by atoms with Gasteiger partial charge < -0.3 is 14.8 Å². The molecule has 0 saturated carbocycles. The summed E-state index contributed by atoms with van der Waals surface area (Å²) in [6.45, 7) is 9.58. The van der Waals surface area contributed by atoms with E-state index >= 15 is 0 Å². The molecule has 0 unspecified atom stereocenters. The molecule has 0 saturated heterocycles. The molecule has 5 heteroatoms. The van der Waals surface area contributed by atoms with E-state index in [-0.39, 0.29) is 18.0 Å². The zero-order chi connectivity index (χ0) is 35.7. The summed E-state index contributed by atoms with van der Waals surface area (Å²) in [5, 5.41) is 3.59. The van der Waals surface area contributed by atoms with Crippen molar-refractivity contribution in [1.82, 2.24) is 5.32 Å². The number of hydrogen-bond acceptors (Lipinski definition) is 5. The van der Waals surface area contributed by atoms with Crippen LogP contribution in [0.15, 0.2) is 0 Å². The summed E-state index contributed by atoms with van der Waals surface area (Å²) in [5.74, 6) is 0.0281. The number of rotatable bonds is 41. The number of nitrogens with one attached hydrogen (secondary N) is 1. The topological polar surface area (TPSA) is 64.6 Å². The minimum absolute atomic E-state index is 0.00703. The van der Waals surface area contributed by atoms with Gasteiger partial charge >= 0.3 is 11.9 Å². The van der Waals surface area contributed by atoms with E-state index in [1.54, 1.807) is 0 Å². The maximum absolute atomic E-state index is 12.6. The Morgan fingerprint density at radius 3 is 1.20 bits per heavy atom. The van der Waals surface area contributed by atoms with Crippen molar-refractivity contribution in [2.75, 3.05) is 19.7 Å². The second-order valence-corrected chi connectivity index (χ2v) is 15.1. The van der Waals surface area contributed by atoms with E-state index in [0.29, 0.717) is 19.4 Å². The minimum Gasteiger partial charge on any atom is -0.466 e. The molecule has 0 rings (SSSR count). The molecule has 0 bridgehead atoms. The molecule has 0 atom stereocenters. The molecule has 0 aliphatic carbocycles. The molecule has 49 heavy (non-hydrogen) atoms. The van der Waals surface area contributed by atoms with Crippen molar-refractivity contribution in [2.45, 2.75) is 252 Å². The summed E-state index contributed by atoms with van der Waals surface area (Å²) < 4.78 is 11.4. The van der Waals surface area contributed by atoms with E-state index < -0.39 is 0 Å². The van der Waals surface area contributed by atoms with E-state index in [4.69, 9.17) is 9.47 Å². The Labute approximate surface area is 307 Å². The van der Waals surface area contributed by atoms with Gasteiger partial charge in [-0.2, -0.15) is 0 Å². The summed E-state index contributed by atoms with van der Waals surface area (Å²) in [4.78, 5) is 24.5. The van der Waals surface area contributed by atoms with Crippen LogP contribution in [0, 0.1) is 0 Å². The van der Waals surface area contributed by atoms with Crippen LogP contribution in [0.3, 0.4) is 0 Å². The maximum atomic E-state index is 12.6. The first-order valence-corrected chi connectivity index (χ1v) is 22.2. The quantitative estimate of drug-likeness (QED) is 0.0510. The van der Waals surface area contributed by atoms with E-state index in [2.05, 4.69) is 26.1 Å². The highest BCUT2D eigenvalue weighted by molar-refractivity contribution is 5.69. The van der Waals surface area contributed by atoms with Crippen LogP contribution < -0.4 is 5.32 Å². The zero-order valence-electron chi connectivity index (χ0n) is 33.6. The minimum atomic E-state index is -0.00703. The van der Waals surface area contributed by atoms with Crippen LogP contribution >= 0.6 is 0 Å². The lowest BCUT2D eigenvalue weighted by Crippen LogP contribution is -2.18. The molecule has 0 radical (unpaired) electrons. The van der Waals surface area contributed by atoms with Crippen molar-refractivity contribution in [3.63, 3.8) is 0 Å². The van der Waals surface area contributed by atoms with Crippen LogP contribution in [0.4, 0.5) is 0 Å². The molecule has 0 aliphatic rings. The predicted octanol–water partition coefficient (Wildman–Crippen LogP) is 13.7. The summed E-state index contributed by atoms with van der Waals surface area (Å²) in [6.07, 6.45) is 42.0. The summed E-state index contributed by atoms with van der Waals surface area (Å²) in [6, 6.07) is 0. The second-order valence-electron chi connectivity index (χ2n) is 15.1. The van der Waals surface area contributed by atoms with Gasteiger partial charge in [0.25, 0.3) is 0 Å². The zero-order valence-corrected chi connectivity index (χ0v) is 33.6. The normalized spacial score (nSPS) is 11.4. The Hall–Kier alpha value is -1.10. The average molecular weight is 694 g/mol. The van der Waals surface area contributed by atoms with Gasteiger partial charge in [-0.05, 0) is 70.9 Å². The molecular weight excluding hydrogens is 606 g/mol. The van der Waals surface area contributed by atoms with Gasteiger partial charge in [0, 0.05) is 12.8 Å². The van der Waals surface area contributed by atoms with Gasteiger partial charge in [0.15, 0.2) is 0 Å². The number of carbonyl (C=O) groups excluding carboxylic acids is 2. The Morgan fingerprint density at radius 2 is 0.755 bits per heavy atom. The third kappa shape index (κ3) is 39.5. The van der Waals surface area contributed by atoms with Crippen molar-refractivity contribution in [3.8, 4) is 0 Å². The molecule has 0 aromatic heterocycles. The monoisotopic (exact) mass is 694 g/mol. The van der Waals surface area contributed by atoms with Gasteiger partial charge in [-0.3, -0.25) is 9.59 Å². The number of esters is 2. The molecule has 0 spiro atoms. The molecule has 0 fully saturated rings. The first-order valence-electron chi connectivity index (χ1n) is 22.2. The highest BCUT2D eigenvalue weighted by atomic mass is 16.5. The summed E-state index contributed by atoms with van der Waals surface area (Å²) in [7, 11) is 0. The fourth-order valence-electron chi connectivity index (χ4n) is 6.71. The smallest absolute Gasteiger partial charge is 0.306 e. The lowest BCUT2D eigenvalue weighted by molar-refractivity contribution is -0.150. The number of carbonyl (C=O) groups is 2. The molecule has 0 aromatic carbocycles. The molecule has 0 aromatic rings. The van der Waals surface area contributed by atoms with Gasteiger partial charge in [0.1, 0.15) is 6.10 Å². The Bertz CT molecular complexity index is 653. The Balaban J connectivity index is 3.61. The number of unbranched alkanes of at least 4 members (excludes halogenated alkanes) is 26. The summed E-state index contributed by atoms with van der Waals surface area (Å²) in [5.41, 5.74) is 0. The fourth-order valence-corrected chi connectivity index (χ4v) is 6.71. The van der Waals surface area contributed by atoms with Crippen LogP contribution in [-0.2, 0) is 19.1 Å². The average Bonchev–Trinajstić information content (AvgIpc) is 3.10. The van der Waals surface area contributed by atoms with Gasteiger partial charge in [-0.15, -0.1) is 0 Å². The highest BCUT2D eigenvalue weighted by Crippen LogP contribution is 2.18. The van der Waals surface area contributed by atoms with Gasteiger partial charge in [-0.1, -0.05) is 175 Å². The number of ether oxygens (including phenoxy) is 2. The molecule has 5 nitrogen and oxygen atoms in total. The first kappa shape index (κ1) is 47.9. The SMILES string of the molecule is CCCCCCCCCCCOC(=O)CCCCCCCNCCCCCCCC(=O)OC(CCCCCCCC)CCCCCCCC. The van der Waals surface area contributed by atoms with Crippen LogP contribution in [0.5, 0.6) is 0 Å². The standard InChI is InChI=1S/C44H87NO4/c1-4-7-10-13-16-17-18-27-34-41-48-43(46)37-30-23-19-25-32-39-45-40-33-26-20-24-31-38-44(47)49-42(35-28-21-14-11-8-5-2)36-29-22-15-12-9-6-3/h42,45H,4-41H2,1-3H3. The van der Waals surface area contributed by atoms with Crippen LogP contribution in [0.1, 0.15) is 245 Å².